The van der Waals surface area contributed by atoms with Crippen LogP contribution in [0.4, 0.5) is 6.01 Å². The molecule has 1 amide bonds. The van der Waals surface area contributed by atoms with E-state index in [-0.39, 0.29) is 11.9 Å². The molecule has 2 atom stereocenters. The molecule has 1 aromatic carbocycles. The largest absolute Gasteiger partial charge is 0.424 e. The number of carbonyl (C=O) groups is 1. The molecule has 4 heterocycles. The number of nitrogens with one attached hydrogen (secondary N) is 1. The molecular weight excluding hydrogens is 450 g/mol. The van der Waals surface area contributed by atoms with Crippen LogP contribution in [-0.2, 0) is 0 Å². The van der Waals surface area contributed by atoms with Crippen molar-refractivity contribution in [1.82, 2.24) is 19.9 Å². The van der Waals surface area contributed by atoms with E-state index in [0.717, 1.165) is 29.8 Å². The Morgan fingerprint density at radius 2 is 2.09 bits per heavy atom. The molecule has 4 aromatic rings. The summed E-state index contributed by atoms with van der Waals surface area (Å²) in [5.74, 6) is 0.235. The number of likely N-dealkylation sites (tertiary alicyclic amines) is 1. The monoisotopic (exact) mass is 475 g/mol. The number of nitrogens with zero attached hydrogens (tertiary/aromatic N) is 4. The Bertz CT molecular complexity index is 1320. The van der Waals surface area contributed by atoms with Crippen molar-refractivity contribution in [2.45, 2.75) is 32.7 Å². The van der Waals surface area contributed by atoms with E-state index >= 15 is 0 Å². The Morgan fingerprint density at radius 1 is 1.21 bits per heavy atom. The summed E-state index contributed by atoms with van der Waals surface area (Å²) in [6, 6.07) is 15.3. The highest BCUT2D eigenvalue weighted by atomic mass is 35.5. The smallest absolute Gasteiger partial charge is 0.295 e. The number of rotatable bonds is 5. The predicted octanol–water partition coefficient (Wildman–Crippen LogP) is 5.60. The van der Waals surface area contributed by atoms with Crippen LogP contribution in [0.25, 0.3) is 22.4 Å². The number of aryl methyl sites for hydroxylation is 1. The maximum atomic E-state index is 13.8. The Morgan fingerprint density at radius 3 is 2.91 bits per heavy atom. The second-order valence-corrected chi connectivity index (χ2v) is 9.20. The number of piperidine rings is 1. The molecule has 0 aliphatic carbocycles. The lowest BCUT2D eigenvalue weighted by molar-refractivity contribution is 0.0534. The third-order valence-corrected chi connectivity index (χ3v) is 6.60. The molecule has 1 fully saturated rings. The van der Waals surface area contributed by atoms with Crippen LogP contribution in [0.2, 0.25) is 5.02 Å². The molecule has 1 saturated heterocycles. The van der Waals surface area contributed by atoms with Crippen molar-refractivity contribution in [2.75, 3.05) is 18.4 Å². The third-order valence-electron chi connectivity index (χ3n) is 6.37. The van der Waals surface area contributed by atoms with Crippen molar-refractivity contribution in [3.8, 4) is 11.3 Å². The first kappa shape index (κ1) is 22.3. The lowest BCUT2D eigenvalue weighted by Crippen LogP contribution is -2.51. The molecule has 0 bridgehead atoms. The van der Waals surface area contributed by atoms with Gasteiger partial charge in [0.15, 0.2) is 5.58 Å². The van der Waals surface area contributed by atoms with E-state index in [4.69, 9.17) is 16.0 Å². The topological polar surface area (TPSA) is 84.2 Å². The van der Waals surface area contributed by atoms with E-state index < -0.39 is 0 Å². The summed E-state index contributed by atoms with van der Waals surface area (Å²) in [6.45, 7) is 5.28. The zero-order chi connectivity index (χ0) is 23.7. The van der Waals surface area contributed by atoms with E-state index in [1.807, 2.05) is 42.2 Å². The van der Waals surface area contributed by atoms with Gasteiger partial charge in [-0.25, -0.2) is 4.98 Å². The lowest BCUT2D eigenvalue weighted by Gasteiger charge is -2.40. The number of fused-ring (bicyclic) bond motifs is 1. The van der Waals surface area contributed by atoms with Crippen molar-refractivity contribution >= 4 is 34.6 Å². The summed E-state index contributed by atoms with van der Waals surface area (Å²) in [5.41, 5.74) is 4.09. The van der Waals surface area contributed by atoms with Crippen molar-refractivity contribution in [3.05, 3.63) is 71.1 Å². The van der Waals surface area contributed by atoms with Crippen molar-refractivity contribution in [3.63, 3.8) is 0 Å². The summed E-state index contributed by atoms with van der Waals surface area (Å²) in [4.78, 5) is 29.4. The Kier molecular flexibility index (Phi) is 6.20. The van der Waals surface area contributed by atoms with Gasteiger partial charge in [0.05, 0.1) is 11.7 Å². The molecule has 5 rings (SSSR count). The van der Waals surface area contributed by atoms with Gasteiger partial charge < -0.3 is 14.6 Å². The molecule has 0 saturated carbocycles. The number of anilines is 1. The molecule has 0 radical (unpaired) electrons. The summed E-state index contributed by atoms with van der Waals surface area (Å²) in [5, 5.41) is 3.91. The van der Waals surface area contributed by atoms with Crippen LogP contribution >= 0.6 is 11.6 Å². The summed E-state index contributed by atoms with van der Waals surface area (Å²) in [7, 11) is 0. The van der Waals surface area contributed by atoms with Gasteiger partial charge in [-0.3, -0.25) is 9.78 Å². The number of benzene rings is 1. The van der Waals surface area contributed by atoms with Crippen LogP contribution in [0.15, 0.2) is 59.1 Å². The third kappa shape index (κ3) is 4.48. The molecule has 34 heavy (non-hydrogen) atoms. The van der Waals surface area contributed by atoms with Gasteiger partial charge >= 0.3 is 0 Å². The molecule has 3 aromatic heterocycles. The summed E-state index contributed by atoms with van der Waals surface area (Å²) in [6.07, 6.45) is 3.73. The van der Waals surface area contributed by atoms with Crippen LogP contribution in [0, 0.1) is 12.8 Å². The van der Waals surface area contributed by atoms with Crippen LogP contribution in [0.1, 0.15) is 35.9 Å². The number of carbonyl (C=O) groups excluding carboxylic acids is 1. The highest BCUT2D eigenvalue weighted by molar-refractivity contribution is 6.31. The standard InChI is InChI=1S/C26H26ClN5O2/c1-16-6-5-13-32(22(16)15-29-26-31-21-14-18(27)9-11-23(21)34-26)25(33)24-19(10-8-17(2)30-24)20-7-3-4-12-28-20/h3-4,7-12,14,16,22H,5-6,13,15H2,1-2H3,(H,29,31)/t16-,22?/m1/s1. The SMILES string of the molecule is Cc1ccc(-c2ccccn2)c(C(=O)N2CCC[C@@H](C)C2CNc2nc3cc(Cl)ccc3o2)n1. The highest BCUT2D eigenvalue weighted by Crippen LogP contribution is 2.29. The number of hydrogen-bond donors (Lipinski definition) is 1. The molecule has 174 valence electrons. The van der Waals surface area contributed by atoms with Crippen molar-refractivity contribution in [2.24, 2.45) is 5.92 Å². The zero-order valence-corrected chi connectivity index (χ0v) is 19.9. The van der Waals surface area contributed by atoms with Gasteiger partial charge in [0.1, 0.15) is 11.2 Å². The lowest BCUT2D eigenvalue weighted by atomic mass is 9.90. The van der Waals surface area contributed by atoms with Crippen LogP contribution in [-0.4, -0.2) is 44.9 Å². The second kappa shape index (κ2) is 9.43. The number of halogens is 1. The van der Waals surface area contributed by atoms with Gasteiger partial charge in [-0.15, -0.1) is 0 Å². The van der Waals surface area contributed by atoms with Crippen LogP contribution < -0.4 is 5.32 Å². The first-order valence-corrected chi connectivity index (χ1v) is 11.9. The fourth-order valence-corrected chi connectivity index (χ4v) is 4.73. The molecule has 1 unspecified atom stereocenters. The summed E-state index contributed by atoms with van der Waals surface area (Å²) >= 11 is 6.07. The average molecular weight is 476 g/mol. The fourth-order valence-electron chi connectivity index (χ4n) is 4.57. The van der Waals surface area contributed by atoms with Gasteiger partial charge in [0, 0.05) is 35.6 Å². The van der Waals surface area contributed by atoms with Crippen molar-refractivity contribution < 1.29 is 9.21 Å². The normalized spacial score (nSPS) is 18.3. The van der Waals surface area contributed by atoms with Gasteiger partial charge in [0.2, 0.25) is 0 Å². The molecule has 1 aliphatic heterocycles. The molecule has 1 aliphatic rings. The fraction of sp³-hybridized carbons (Fsp3) is 0.308. The minimum absolute atomic E-state index is 0.0289. The van der Waals surface area contributed by atoms with E-state index in [2.05, 4.69) is 27.2 Å². The van der Waals surface area contributed by atoms with E-state index in [1.165, 1.54) is 0 Å². The second-order valence-electron chi connectivity index (χ2n) is 8.76. The Balaban J connectivity index is 1.41. The molecule has 8 heteroatoms. The van der Waals surface area contributed by atoms with Gasteiger partial charge in [0.25, 0.3) is 11.9 Å². The number of oxazole rings is 1. The number of aromatic nitrogens is 3. The molecular formula is C26H26ClN5O2. The first-order valence-electron chi connectivity index (χ1n) is 11.5. The predicted molar refractivity (Wildman–Crippen MR) is 133 cm³/mol. The first-order chi connectivity index (χ1) is 16.5. The Labute approximate surface area is 203 Å². The number of hydrogen-bond acceptors (Lipinski definition) is 6. The van der Waals surface area contributed by atoms with E-state index in [9.17, 15) is 4.79 Å². The summed E-state index contributed by atoms with van der Waals surface area (Å²) < 4.78 is 5.82. The maximum Gasteiger partial charge on any atom is 0.295 e. The van der Waals surface area contributed by atoms with E-state index in [0.29, 0.717) is 46.8 Å². The minimum atomic E-state index is -0.0768. The minimum Gasteiger partial charge on any atom is -0.424 e. The van der Waals surface area contributed by atoms with E-state index in [1.54, 1.807) is 24.4 Å². The number of pyridine rings is 2. The maximum absolute atomic E-state index is 13.8. The van der Waals surface area contributed by atoms with Crippen LogP contribution in [0.5, 0.6) is 0 Å². The molecule has 0 spiro atoms. The average Bonchev–Trinajstić information content (AvgIpc) is 3.25. The highest BCUT2D eigenvalue weighted by Gasteiger charge is 2.34. The van der Waals surface area contributed by atoms with Gasteiger partial charge in [-0.2, -0.15) is 4.98 Å². The van der Waals surface area contributed by atoms with Crippen LogP contribution in [0.3, 0.4) is 0 Å². The zero-order valence-electron chi connectivity index (χ0n) is 19.2. The molecule has 7 nitrogen and oxygen atoms in total. The van der Waals surface area contributed by atoms with Gasteiger partial charge in [-0.05, 0) is 68.1 Å². The van der Waals surface area contributed by atoms with Gasteiger partial charge in [-0.1, -0.05) is 24.6 Å². The molecule has 1 N–H and O–H groups in total. The number of amides is 1. The van der Waals surface area contributed by atoms with Crippen molar-refractivity contribution in [1.29, 1.82) is 0 Å². The Hall–Kier alpha value is -3.45. The quantitative estimate of drug-likeness (QED) is 0.404.